The number of thioether (sulfide) groups is 1. The number of rotatable bonds is 6. The van der Waals surface area contributed by atoms with E-state index < -0.39 is 0 Å². The van der Waals surface area contributed by atoms with Crippen LogP contribution in [0.2, 0.25) is 0 Å². The highest BCUT2D eigenvalue weighted by Gasteiger charge is 2.26. The number of pyridine rings is 1. The van der Waals surface area contributed by atoms with Crippen LogP contribution in [0, 0.1) is 11.8 Å². The number of amides is 1. The van der Waals surface area contributed by atoms with Crippen molar-refractivity contribution >= 4 is 17.7 Å². The molecule has 0 bridgehead atoms. The Morgan fingerprint density at radius 1 is 1.21 bits per heavy atom. The van der Waals surface area contributed by atoms with Crippen molar-refractivity contribution in [3.8, 4) is 11.4 Å². The van der Waals surface area contributed by atoms with Crippen LogP contribution >= 0.6 is 11.8 Å². The number of piperidine rings is 1. The maximum atomic E-state index is 12.8. The van der Waals surface area contributed by atoms with Gasteiger partial charge in [0.05, 0.1) is 18.6 Å². The number of aromatic nitrogens is 4. The van der Waals surface area contributed by atoms with Crippen molar-refractivity contribution in [2.75, 3.05) is 18.8 Å². The van der Waals surface area contributed by atoms with Gasteiger partial charge in [-0.15, -0.1) is 10.2 Å². The van der Waals surface area contributed by atoms with Gasteiger partial charge in [-0.2, -0.15) is 0 Å². The van der Waals surface area contributed by atoms with E-state index in [4.69, 9.17) is 4.42 Å². The third kappa shape index (κ3) is 4.70. The fourth-order valence-electron chi connectivity index (χ4n) is 3.89. The van der Waals surface area contributed by atoms with Gasteiger partial charge in [-0.05, 0) is 42.5 Å². The first-order valence-corrected chi connectivity index (χ1v) is 10.8. The SMILES string of the molecule is CC1CC(C)CN(C(=O)CSc2nnc(-c3cccnc3)n2Cc2ccco2)C1. The van der Waals surface area contributed by atoms with Crippen molar-refractivity contribution < 1.29 is 9.21 Å². The van der Waals surface area contributed by atoms with Crippen molar-refractivity contribution in [3.05, 3.63) is 48.7 Å². The fraction of sp³-hybridized carbons (Fsp3) is 0.429. The highest BCUT2D eigenvalue weighted by atomic mass is 32.2. The molecule has 29 heavy (non-hydrogen) atoms. The van der Waals surface area contributed by atoms with Crippen LogP contribution in [0.25, 0.3) is 11.4 Å². The van der Waals surface area contributed by atoms with E-state index in [0.717, 1.165) is 24.4 Å². The van der Waals surface area contributed by atoms with Crippen LogP contribution in [0.4, 0.5) is 0 Å². The van der Waals surface area contributed by atoms with E-state index in [1.54, 1.807) is 18.7 Å². The molecule has 3 aromatic heterocycles. The van der Waals surface area contributed by atoms with E-state index in [1.165, 1.54) is 18.2 Å². The van der Waals surface area contributed by atoms with Gasteiger partial charge in [0.25, 0.3) is 0 Å². The van der Waals surface area contributed by atoms with E-state index in [9.17, 15) is 4.79 Å². The molecule has 0 N–H and O–H groups in total. The molecule has 152 valence electrons. The summed E-state index contributed by atoms with van der Waals surface area (Å²) >= 11 is 1.42. The minimum atomic E-state index is 0.156. The minimum Gasteiger partial charge on any atom is -0.467 e. The summed E-state index contributed by atoms with van der Waals surface area (Å²) in [5.74, 6) is 3.12. The third-order valence-electron chi connectivity index (χ3n) is 5.08. The second-order valence-electron chi connectivity index (χ2n) is 7.75. The predicted octanol–water partition coefficient (Wildman–Crippen LogP) is 3.58. The van der Waals surface area contributed by atoms with Gasteiger partial charge < -0.3 is 9.32 Å². The van der Waals surface area contributed by atoms with Gasteiger partial charge >= 0.3 is 0 Å². The smallest absolute Gasteiger partial charge is 0.233 e. The normalized spacial score (nSPS) is 19.4. The Labute approximate surface area is 174 Å². The van der Waals surface area contributed by atoms with Crippen molar-refractivity contribution in [2.45, 2.75) is 32.0 Å². The highest BCUT2D eigenvalue weighted by molar-refractivity contribution is 7.99. The van der Waals surface area contributed by atoms with E-state index in [-0.39, 0.29) is 5.91 Å². The maximum absolute atomic E-state index is 12.8. The molecule has 3 aromatic rings. The molecule has 1 fully saturated rings. The Bertz CT molecular complexity index is 931. The Hall–Kier alpha value is -2.61. The average Bonchev–Trinajstić information content (AvgIpc) is 3.36. The van der Waals surface area contributed by atoms with Gasteiger partial charge in [-0.3, -0.25) is 14.3 Å². The Balaban J connectivity index is 1.52. The summed E-state index contributed by atoms with van der Waals surface area (Å²) in [5.41, 5.74) is 0.878. The van der Waals surface area contributed by atoms with Crippen molar-refractivity contribution in [1.82, 2.24) is 24.6 Å². The summed E-state index contributed by atoms with van der Waals surface area (Å²) in [6.07, 6.45) is 6.33. The molecule has 0 spiro atoms. The van der Waals surface area contributed by atoms with Crippen LogP contribution in [-0.2, 0) is 11.3 Å². The molecule has 7 nitrogen and oxygen atoms in total. The Morgan fingerprint density at radius 2 is 2.03 bits per heavy atom. The number of furan rings is 1. The maximum Gasteiger partial charge on any atom is 0.233 e. The zero-order valence-electron chi connectivity index (χ0n) is 16.7. The highest BCUT2D eigenvalue weighted by Crippen LogP contribution is 2.26. The summed E-state index contributed by atoms with van der Waals surface area (Å²) in [7, 11) is 0. The molecular formula is C21H25N5O2S. The topological polar surface area (TPSA) is 77.1 Å². The number of carbonyl (C=O) groups is 1. The van der Waals surface area contributed by atoms with Gasteiger partial charge in [0.15, 0.2) is 11.0 Å². The standard InChI is InChI=1S/C21H25N5O2S/c1-15-9-16(2)12-25(11-15)19(27)14-29-21-24-23-20(17-5-3-7-22-10-17)26(21)13-18-6-4-8-28-18/h3-8,10,15-16H,9,11-14H2,1-2H3. The Morgan fingerprint density at radius 3 is 2.72 bits per heavy atom. The third-order valence-corrected chi connectivity index (χ3v) is 6.03. The first-order valence-electron chi connectivity index (χ1n) is 9.86. The van der Waals surface area contributed by atoms with Gasteiger partial charge in [0.1, 0.15) is 5.76 Å². The number of hydrogen-bond donors (Lipinski definition) is 0. The molecule has 4 rings (SSSR count). The quantitative estimate of drug-likeness (QED) is 0.577. The van der Waals surface area contributed by atoms with Crippen LogP contribution in [0.1, 0.15) is 26.0 Å². The molecule has 2 unspecified atom stereocenters. The molecule has 1 amide bonds. The van der Waals surface area contributed by atoms with Gasteiger partial charge in [0, 0.05) is 31.0 Å². The number of nitrogens with zero attached hydrogens (tertiary/aromatic N) is 5. The molecule has 0 aromatic carbocycles. The van der Waals surface area contributed by atoms with Crippen LogP contribution in [0.3, 0.4) is 0 Å². The summed E-state index contributed by atoms with van der Waals surface area (Å²) in [4.78, 5) is 19.0. The molecular weight excluding hydrogens is 386 g/mol. The lowest BCUT2D eigenvalue weighted by atomic mass is 9.92. The molecule has 0 aliphatic carbocycles. The van der Waals surface area contributed by atoms with E-state index in [2.05, 4.69) is 29.0 Å². The lowest BCUT2D eigenvalue weighted by molar-refractivity contribution is -0.130. The van der Waals surface area contributed by atoms with Crippen molar-refractivity contribution in [2.24, 2.45) is 11.8 Å². The summed E-state index contributed by atoms with van der Waals surface area (Å²) in [5, 5.41) is 9.42. The number of carbonyl (C=O) groups excluding carboxylic acids is 1. The molecule has 0 saturated carbocycles. The van der Waals surface area contributed by atoms with Crippen LogP contribution in [-0.4, -0.2) is 49.4 Å². The van der Waals surface area contributed by atoms with Crippen molar-refractivity contribution in [1.29, 1.82) is 0 Å². The van der Waals surface area contributed by atoms with Crippen LogP contribution in [0.15, 0.2) is 52.5 Å². The van der Waals surface area contributed by atoms with E-state index >= 15 is 0 Å². The van der Waals surface area contributed by atoms with E-state index in [1.807, 2.05) is 33.7 Å². The summed E-state index contributed by atoms with van der Waals surface area (Å²) < 4.78 is 7.50. The lowest BCUT2D eigenvalue weighted by Crippen LogP contribution is -2.43. The zero-order valence-corrected chi connectivity index (χ0v) is 17.5. The summed E-state index contributed by atoms with van der Waals surface area (Å²) in [6.45, 7) is 6.60. The molecule has 1 aliphatic heterocycles. The largest absolute Gasteiger partial charge is 0.467 e. The summed E-state index contributed by atoms with van der Waals surface area (Å²) in [6, 6.07) is 7.60. The Kier molecular flexibility index (Phi) is 5.99. The number of likely N-dealkylation sites (tertiary alicyclic amines) is 1. The predicted molar refractivity (Wildman–Crippen MR) is 111 cm³/mol. The molecule has 0 radical (unpaired) electrons. The molecule has 4 heterocycles. The number of hydrogen-bond acceptors (Lipinski definition) is 6. The van der Waals surface area contributed by atoms with Crippen LogP contribution in [0.5, 0.6) is 0 Å². The second-order valence-corrected chi connectivity index (χ2v) is 8.69. The minimum absolute atomic E-state index is 0.156. The average molecular weight is 412 g/mol. The molecule has 8 heteroatoms. The fourth-order valence-corrected chi connectivity index (χ4v) is 4.73. The lowest BCUT2D eigenvalue weighted by Gasteiger charge is -2.34. The zero-order chi connectivity index (χ0) is 20.2. The molecule has 2 atom stereocenters. The van der Waals surface area contributed by atoms with Crippen molar-refractivity contribution in [3.63, 3.8) is 0 Å². The second kappa shape index (κ2) is 8.82. The first kappa shape index (κ1) is 19.7. The first-order chi connectivity index (χ1) is 14.1. The van der Waals surface area contributed by atoms with Gasteiger partial charge in [-0.25, -0.2) is 0 Å². The van der Waals surface area contributed by atoms with E-state index in [0.29, 0.717) is 35.1 Å². The van der Waals surface area contributed by atoms with Gasteiger partial charge in [0.2, 0.25) is 5.91 Å². The molecule has 1 aliphatic rings. The van der Waals surface area contributed by atoms with Gasteiger partial charge in [-0.1, -0.05) is 25.6 Å². The van der Waals surface area contributed by atoms with Crippen LogP contribution < -0.4 is 0 Å². The monoisotopic (exact) mass is 411 g/mol. The molecule has 1 saturated heterocycles.